The number of aliphatic hydroxyl groups excluding tert-OH is 2. The van der Waals surface area contributed by atoms with Gasteiger partial charge in [0.05, 0.1) is 0 Å². The van der Waals surface area contributed by atoms with Crippen molar-refractivity contribution >= 4 is 5.91 Å². The number of piperidine rings is 1. The van der Waals surface area contributed by atoms with Crippen LogP contribution in [0.5, 0.6) is 0 Å². The van der Waals surface area contributed by atoms with Gasteiger partial charge in [-0.15, -0.1) is 0 Å². The van der Waals surface area contributed by atoms with Crippen molar-refractivity contribution in [3.8, 4) is 0 Å². The van der Waals surface area contributed by atoms with Gasteiger partial charge in [-0.25, -0.2) is 0 Å². The lowest BCUT2D eigenvalue weighted by Gasteiger charge is -2.41. The van der Waals surface area contributed by atoms with E-state index in [0.717, 1.165) is 38.8 Å². The summed E-state index contributed by atoms with van der Waals surface area (Å²) in [6, 6.07) is 0. The van der Waals surface area contributed by atoms with Gasteiger partial charge in [0.2, 0.25) is 5.91 Å². The van der Waals surface area contributed by atoms with Crippen LogP contribution in [0.15, 0.2) is 0 Å². The van der Waals surface area contributed by atoms with Crippen molar-refractivity contribution in [1.82, 2.24) is 4.90 Å². The molecule has 0 aromatic rings. The minimum Gasteiger partial charge on any atom is -0.396 e. The Hall–Kier alpha value is -0.610. The van der Waals surface area contributed by atoms with Crippen LogP contribution < -0.4 is 0 Å². The number of hydrogen-bond donors (Lipinski definition) is 2. The van der Waals surface area contributed by atoms with Crippen LogP contribution in [0.4, 0.5) is 0 Å². The number of likely N-dealkylation sites (tertiary alicyclic amines) is 1. The third kappa shape index (κ3) is 3.18. The summed E-state index contributed by atoms with van der Waals surface area (Å²) in [6.45, 7) is 3.44. The molecule has 0 aliphatic carbocycles. The lowest BCUT2D eigenvalue weighted by Crippen LogP contribution is -2.43. The normalized spacial score (nSPS) is 20.3. The molecular formula is C11H21NO3. The van der Waals surface area contributed by atoms with Gasteiger partial charge >= 0.3 is 0 Å². The molecule has 1 saturated heterocycles. The number of amides is 1. The van der Waals surface area contributed by atoms with Crippen LogP contribution in [-0.2, 0) is 4.79 Å². The predicted octanol–water partition coefficient (Wildman–Crippen LogP) is 0.380. The van der Waals surface area contributed by atoms with Crippen molar-refractivity contribution < 1.29 is 15.0 Å². The molecule has 0 atom stereocenters. The molecule has 0 aromatic carbocycles. The minimum atomic E-state index is 0.0510. The fourth-order valence-electron chi connectivity index (χ4n) is 2.40. The van der Waals surface area contributed by atoms with Crippen LogP contribution in [0.2, 0.25) is 0 Å². The Bertz CT molecular complexity index is 202. The second-order valence-corrected chi connectivity index (χ2v) is 4.45. The number of aliphatic hydroxyl groups is 2. The molecule has 88 valence electrons. The van der Waals surface area contributed by atoms with Crippen molar-refractivity contribution in [2.45, 2.75) is 32.6 Å². The average molecular weight is 215 g/mol. The van der Waals surface area contributed by atoms with Gasteiger partial charge in [0.1, 0.15) is 0 Å². The third-order valence-corrected chi connectivity index (χ3v) is 3.55. The van der Waals surface area contributed by atoms with E-state index in [-0.39, 0.29) is 24.5 Å². The molecule has 0 aromatic heterocycles. The Kier molecular flexibility index (Phi) is 4.54. The summed E-state index contributed by atoms with van der Waals surface area (Å²) in [4.78, 5) is 13.0. The molecule has 1 heterocycles. The van der Waals surface area contributed by atoms with Crippen LogP contribution in [0.3, 0.4) is 0 Å². The number of rotatable bonds is 4. The van der Waals surface area contributed by atoms with Crippen molar-refractivity contribution in [1.29, 1.82) is 0 Å². The lowest BCUT2D eigenvalue weighted by atomic mass is 9.73. The van der Waals surface area contributed by atoms with Gasteiger partial charge in [0, 0.05) is 33.2 Å². The molecule has 2 N–H and O–H groups in total. The smallest absolute Gasteiger partial charge is 0.219 e. The maximum absolute atomic E-state index is 11.2. The molecule has 0 radical (unpaired) electrons. The first-order valence-corrected chi connectivity index (χ1v) is 5.61. The molecule has 1 amide bonds. The zero-order valence-corrected chi connectivity index (χ0v) is 9.41. The summed E-state index contributed by atoms with van der Waals surface area (Å²) < 4.78 is 0. The van der Waals surface area contributed by atoms with Crippen LogP contribution in [-0.4, -0.2) is 47.3 Å². The number of carbonyl (C=O) groups excluding carboxylic acids is 1. The van der Waals surface area contributed by atoms with E-state index in [2.05, 4.69) is 0 Å². The van der Waals surface area contributed by atoms with Gasteiger partial charge in [0.25, 0.3) is 0 Å². The highest BCUT2D eigenvalue weighted by Gasteiger charge is 2.34. The van der Waals surface area contributed by atoms with Gasteiger partial charge in [-0.05, 0) is 31.1 Å². The molecule has 4 nitrogen and oxygen atoms in total. The summed E-state index contributed by atoms with van der Waals surface area (Å²) in [7, 11) is 0. The molecule has 1 rings (SSSR count). The second-order valence-electron chi connectivity index (χ2n) is 4.45. The summed E-state index contributed by atoms with van der Waals surface area (Å²) in [5.74, 6) is 0.122. The van der Waals surface area contributed by atoms with E-state index < -0.39 is 0 Å². The SMILES string of the molecule is CC(=O)N1CCC(CCO)(CCO)CC1. The molecule has 0 saturated carbocycles. The predicted molar refractivity (Wildman–Crippen MR) is 57.3 cm³/mol. The Morgan fingerprint density at radius 1 is 1.20 bits per heavy atom. The van der Waals surface area contributed by atoms with E-state index in [0.29, 0.717) is 0 Å². The van der Waals surface area contributed by atoms with E-state index >= 15 is 0 Å². The van der Waals surface area contributed by atoms with Gasteiger partial charge in [-0.3, -0.25) is 4.79 Å². The van der Waals surface area contributed by atoms with Crippen LogP contribution in [0.25, 0.3) is 0 Å². The summed E-state index contributed by atoms with van der Waals surface area (Å²) in [6.07, 6.45) is 3.26. The van der Waals surface area contributed by atoms with Crippen LogP contribution in [0, 0.1) is 5.41 Å². The van der Waals surface area contributed by atoms with Gasteiger partial charge in [-0.2, -0.15) is 0 Å². The minimum absolute atomic E-state index is 0.0510. The molecule has 1 aliphatic rings. The van der Waals surface area contributed by atoms with E-state index in [4.69, 9.17) is 10.2 Å². The van der Waals surface area contributed by atoms with Gasteiger partial charge in [0.15, 0.2) is 0 Å². The zero-order chi connectivity index (χ0) is 11.3. The number of hydrogen-bond acceptors (Lipinski definition) is 3. The van der Waals surface area contributed by atoms with Crippen LogP contribution in [0.1, 0.15) is 32.6 Å². The molecule has 1 aliphatic heterocycles. The lowest BCUT2D eigenvalue weighted by molar-refractivity contribution is -0.131. The molecular weight excluding hydrogens is 194 g/mol. The third-order valence-electron chi connectivity index (χ3n) is 3.55. The Morgan fingerprint density at radius 2 is 1.67 bits per heavy atom. The van der Waals surface area contributed by atoms with E-state index in [1.807, 2.05) is 4.90 Å². The van der Waals surface area contributed by atoms with Gasteiger partial charge < -0.3 is 15.1 Å². The fraction of sp³-hybridized carbons (Fsp3) is 0.909. The van der Waals surface area contributed by atoms with Crippen molar-refractivity contribution in [3.63, 3.8) is 0 Å². The highest BCUT2D eigenvalue weighted by molar-refractivity contribution is 5.73. The molecule has 0 bridgehead atoms. The monoisotopic (exact) mass is 215 g/mol. The van der Waals surface area contributed by atoms with Crippen LogP contribution >= 0.6 is 0 Å². The van der Waals surface area contributed by atoms with Crippen molar-refractivity contribution in [2.75, 3.05) is 26.3 Å². The number of carbonyl (C=O) groups is 1. The summed E-state index contributed by atoms with van der Waals surface area (Å²) in [5.41, 5.74) is 0.0510. The topological polar surface area (TPSA) is 60.8 Å². The number of nitrogens with zero attached hydrogens (tertiary/aromatic N) is 1. The molecule has 15 heavy (non-hydrogen) atoms. The first-order valence-electron chi connectivity index (χ1n) is 5.61. The molecule has 0 spiro atoms. The Morgan fingerprint density at radius 3 is 2.00 bits per heavy atom. The Labute approximate surface area is 90.9 Å². The molecule has 1 fully saturated rings. The fourth-order valence-corrected chi connectivity index (χ4v) is 2.40. The maximum atomic E-state index is 11.2. The highest BCUT2D eigenvalue weighted by atomic mass is 16.3. The highest BCUT2D eigenvalue weighted by Crippen LogP contribution is 2.37. The molecule has 4 heteroatoms. The van der Waals surface area contributed by atoms with E-state index in [1.54, 1.807) is 6.92 Å². The average Bonchev–Trinajstić information content (AvgIpc) is 2.19. The molecule has 0 unspecified atom stereocenters. The second kappa shape index (κ2) is 5.47. The quantitative estimate of drug-likeness (QED) is 0.712. The van der Waals surface area contributed by atoms with E-state index in [1.165, 1.54) is 0 Å². The first kappa shape index (κ1) is 12.5. The maximum Gasteiger partial charge on any atom is 0.219 e. The first-order chi connectivity index (χ1) is 7.13. The zero-order valence-electron chi connectivity index (χ0n) is 9.41. The van der Waals surface area contributed by atoms with Crippen molar-refractivity contribution in [2.24, 2.45) is 5.41 Å². The van der Waals surface area contributed by atoms with Gasteiger partial charge in [-0.1, -0.05) is 0 Å². The van der Waals surface area contributed by atoms with Crippen molar-refractivity contribution in [3.05, 3.63) is 0 Å². The Balaban J connectivity index is 2.52. The largest absolute Gasteiger partial charge is 0.396 e. The standard InChI is InChI=1S/C11H21NO3/c1-10(15)12-6-2-11(3-7-12,4-8-13)5-9-14/h13-14H,2-9H2,1H3. The van der Waals surface area contributed by atoms with E-state index in [9.17, 15) is 4.79 Å². The summed E-state index contributed by atoms with van der Waals surface area (Å²) >= 11 is 0. The summed E-state index contributed by atoms with van der Waals surface area (Å²) in [5, 5.41) is 18.0.